The van der Waals surface area contributed by atoms with Gasteiger partial charge in [-0.3, -0.25) is 4.99 Å². The lowest BCUT2D eigenvalue weighted by molar-refractivity contribution is -0.0721. The number of halogens is 1. The van der Waals surface area contributed by atoms with Crippen molar-refractivity contribution >= 4 is 29.9 Å². The van der Waals surface area contributed by atoms with Crippen LogP contribution in [0.3, 0.4) is 0 Å². The van der Waals surface area contributed by atoms with Crippen LogP contribution in [0.4, 0.5) is 0 Å². The van der Waals surface area contributed by atoms with Crippen LogP contribution < -0.4 is 5.32 Å². The van der Waals surface area contributed by atoms with Crippen LogP contribution in [0.2, 0.25) is 0 Å². The Labute approximate surface area is 215 Å². The molecule has 2 fully saturated rings. The number of aryl methyl sites for hydroxylation is 1. The minimum atomic E-state index is 0. The van der Waals surface area contributed by atoms with E-state index < -0.39 is 0 Å². The van der Waals surface area contributed by atoms with E-state index in [9.17, 15) is 0 Å². The first-order valence-corrected chi connectivity index (χ1v) is 12.0. The van der Waals surface area contributed by atoms with Crippen LogP contribution in [0.1, 0.15) is 49.1 Å². The first kappa shape index (κ1) is 26.0. The molecule has 1 N–H and O–H groups in total. The van der Waals surface area contributed by atoms with Crippen molar-refractivity contribution in [3.63, 3.8) is 0 Å². The molecule has 1 aromatic heterocycles. The van der Waals surface area contributed by atoms with Crippen molar-refractivity contribution in [2.75, 3.05) is 33.4 Å². The zero-order chi connectivity index (χ0) is 22.2. The molecular weight excluding hydrogens is 529 g/mol. The number of aliphatic imine (C=N–C) groups is 1. The van der Waals surface area contributed by atoms with Gasteiger partial charge in [0.05, 0.1) is 18.8 Å². The summed E-state index contributed by atoms with van der Waals surface area (Å²) < 4.78 is 14.1. The third-order valence-electron chi connectivity index (χ3n) is 6.46. The fraction of sp³-hybridized carbons (Fsp3) is 0.600. The molecule has 0 amide bonds. The van der Waals surface area contributed by atoms with Crippen molar-refractivity contribution in [3.05, 3.63) is 53.6 Å². The maximum atomic E-state index is 6.16. The molecule has 182 valence electrons. The molecule has 8 heteroatoms. The average Bonchev–Trinajstić information content (AvgIpc) is 3.24. The highest BCUT2D eigenvalue weighted by Gasteiger charge is 2.23. The van der Waals surface area contributed by atoms with Gasteiger partial charge in [-0.25, -0.2) is 4.98 Å². The lowest BCUT2D eigenvalue weighted by Crippen LogP contribution is -2.47. The van der Waals surface area contributed by atoms with E-state index in [0.717, 1.165) is 70.4 Å². The number of guanidine groups is 1. The number of rotatable bonds is 7. The smallest absolute Gasteiger partial charge is 0.193 e. The highest BCUT2D eigenvalue weighted by molar-refractivity contribution is 14.0. The number of benzene rings is 1. The van der Waals surface area contributed by atoms with E-state index >= 15 is 0 Å². The number of piperidine rings is 1. The largest absolute Gasteiger partial charge is 0.376 e. The van der Waals surface area contributed by atoms with Crippen LogP contribution in [0.15, 0.2) is 41.7 Å². The van der Waals surface area contributed by atoms with Gasteiger partial charge in [0.25, 0.3) is 0 Å². The van der Waals surface area contributed by atoms with Gasteiger partial charge >= 0.3 is 0 Å². The Morgan fingerprint density at radius 2 is 2.03 bits per heavy atom. The molecule has 1 unspecified atom stereocenters. The molecule has 2 saturated heterocycles. The van der Waals surface area contributed by atoms with E-state index in [-0.39, 0.29) is 24.0 Å². The Hall–Kier alpha value is -1.65. The molecule has 2 aliphatic heterocycles. The predicted molar refractivity (Wildman–Crippen MR) is 142 cm³/mol. The van der Waals surface area contributed by atoms with Crippen LogP contribution >= 0.6 is 24.0 Å². The van der Waals surface area contributed by atoms with Gasteiger partial charge in [0, 0.05) is 52.2 Å². The molecule has 1 atom stereocenters. The topological polar surface area (TPSA) is 63.9 Å². The summed E-state index contributed by atoms with van der Waals surface area (Å²) in [6.07, 6.45) is 10.2. The number of nitrogens with one attached hydrogen (secondary N) is 1. The lowest BCUT2D eigenvalue weighted by Gasteiger charge is -2.35. The number of nitrogens with zero attached hydrogens (tertiary/aromatic N) is 4. The van der Waals surface area contributed by atoms with Gasteiger partial charge in [0.15, 0.2) is 5.96 Å². The first-order chi connectivity index (χ1) is 15.7. The predicted octanol–water partition coefficient (Wildman–Crippen LogP) is 3.98. The molecule has 33 heavy (non-hydrogen) atoms. The van der Waals surface area contributed by atoms with Gasteiger partial charge in [-0.2, -0.15) is 0 Å². The average molecular weight is 568 g/mol. The fourth-order valence-electron chi connectivity index (χ4n) is 4.54. The molecule has 3 heterocycles. The van der Waals surface area contributed by atoms with E-state index in [1.54, 1.807) is 0 Å². The molecular formula is C25H38IN5O2. The summed E-state index contributed by atoms with van der Waals surface area (Å²) in [7, 11) is 1.86. The molecule has 0 aliphatic carbocycles. The monoisotopic (exact) mass is 567 g/mol. The standard InChI is InChI=1S/C25H37N5O2.HI/c1-20-27-11-14-30(20)18-22-7-5-6-21(16-22)17-28-25(26-2)29-12-9-23(10-13-29)32-19-24-8-3-4-15-31-24;/h5-7,11,14,16,23-24H,3-4,8-10,12-13,15,17-19H2,1-2H3,(H,26,28);1H. The van der Waals surface area contributed by atoms with E-state index in [2.05, 4.69) is 49.0 Å². The van der Waals surface area contributed by atoms with Crippen LogP contribution in [0.25, 0.3) is 0 Å². The van der Waals surface area contributed by atoms with Crippen molar-refractivity contribution in [1.82, 2.24) is 19.8 Å². The second-order valence-electron chi connectivity index (χ2n) is 8.83. The van der Waals surface area contributed by atoms with E-state index in [0.29, 0.717) is 12.2 Å². The molecule has 7 nitrogen and oxygen atoms in total. The van der Waals surface area contributed by atoms with Gasteiger partial charge in [-0.1, -0.05) is 24.3 Å². The number of likely N-dealkylation sites (tertiary alicyclic amines) is 1. The Bertz CT molecular complexity index is 873. The molecule has 0 spiro atoms. The Balaban J connectivity index is 0.00000306. The molecule has 0 radical (unpaired) electrons. The van der Waals surface area contributed by atoms with Gasteiger partial charge in [0.2, 0.25) is 0 Å². The van der Waals surface area contributed by atoms with Gasteiger partial charge in [-0.15, -0.1) is 24.0 Å². The van der Waals surface area contributed by atoms with Crippen molar-refractivity contribution < 1.29 is 9.47 Å². The SMILES string of the molecule is CN=C(NCc1cccc(Cn2ccnc2C)c1)N1CCC(OCC2CCCCO2)CC1.I. The highest BCUT2D eigenvalue weighted by Crippen LogP contribution is 2.18. The number of hydrogen-bond donors (Lipinski definition) is 1. The van der Waals surface area contributed by atoms with Crippen LogP contribution in [0.5, 0.6) is 0 Å². The Kier molecular flexibility index (Phi) is 10.5. The minimum Gasteiger partial charge on any atom is -0.376 e. The first-order valence-electron chi connectivity index (χ1n) is 12.0. The molecule has 2 aromatic rings. The zero-order valence-electron chi connectivity index (χ0n) is 19.9. The van der Waals surface area contributed by atoms with E-state index in [1.165, 1.54) is 24.0 Å². The number of ether oxygens (including phenoxy) is 2. The Morgan fingerprint density at radius 1 is 1.21 bits per heavy atom. The second-order valence-corrected chi connectivity index (χ2v) is 8.83. The molecule has 0 saturated carbocycles. The maximum Gasteiger partial charge on any atom is 0.193 e. The third kappa shape index (κ3) is 7.68. The number of aromatic nitrogens is 2. The number of hydrogen-bond acceptors (Lipinski definition) is 4. The van der Waals surface area contributed by atoms with Crippen LogP contribution in [-0.4, -0.2) is 66.0 Å². The van der Waals surface area contributed by atoms with Crippen molar-refractivity contribution in [2.24, 2.45) is 4.99 Å². The highest BCUT2D eigenvalue weighted by atomic mass is 127. The van der Waals surface area contributed by atoms with Crippen LogP contribution in [0, 0.1) is 6.92 Å². The quantitative estimate of drug-likeness (QED) is 0.312. The molecule has 4 rings (SSSR count). The Morgan fingerprint density at radius 3 is 2.73 bits per heavy atom. The lowest BCUT2D eigenvalue weighted by atomic mass is 10.1. The van der Waals surface area contributed by atoms with Crippen molar-refractivity contribution in [3.8, 4) is 0 Å². The summed E-state index contributed by atoms with van der Waals surface area (Å²) in [6.45, 7) is 7.21. The van der Waals surface area contributed by atoms with Crippen LogP contribution in [-0.2, 0) is 22.6 Å². The summed E-state index contributed by atoms with van der Waals surface area (Å²) in [5.41, 5.74) is 2.53. The summed E-state index contributed by atoms with van der Waals surface area (Å²) in [5, 5.41) is 3.55. The van der Waals surface area contributed by atoms with Gasteiger partial charge in [-0.05, 0) is 50.2 Å². The maximum absolute atomic E-state index is 6.16. The summed E-state index contributed by atoms with van der Waals surface area (Å²) in [6, 6.07) is 8.71. The van der Waals surface area contributed by atoms with E-state index in [4.69, 9.17) is 9.47 Å². The van der Waals surface area contributed by atoms with E-state index in [1.807, 2.05) is 26.4 Å². The van der Waals surface area contributed by atoms with Gasteiger partial charge in [0.1, 0.15) is 5.82 Å². The molecule has 0 bridgehead atoms. The fourth-order valence-corrected chi connectivity index (χ4v) is 4.54. The summed E-state index contributed by atoms with van der Waals surface area (Å²) in [4.78, 5) is 11.2. The molecule has 2 aliphatic rings. The molecule has 1 aromatic carbocycles. The summed E-state index contributed by atoms with van der Waals surface area (Å²) in [5.74, 6) is 2.00. The summed E-state index contributed by atoms with van der Waals surface area (Å²) >= 11 is 0. The normalized spacial score (nSPS) is 19.9. The minimum absolute atomic E-state index is 0. The number of imidazole rings is 1. The van der Waals surface area contributed by atoms with Gasteiger partial charge < -0.3 is 24.3 Å². The third-order valence-corrected chi connectivity index (χ3v) is 6.46. The van der Waals surface area contributed by atoms with Crippen molar-refractivity contribution in [2.45, 2.75) is 64.3 Å². The van der Waals surface area contributed by atoms with Crippen molar-refractivity contribution in [1.29, 1.82) is 0 Å². The second kappa shape index (κ2) is 13.3. The zero-order valence-corrected chi connectivity index (χ0v) is 22.2.